The molecule has 3 aromatic rings. The normalized spacial score (nSPS) is 10.9. The molecule has 0 radical (unpaired) electrons. The number of hydrogen-bond donors (Lipinski definition) is 1. The molecule has 0 spiro atoms. The van der Waals surface area contributed by atoms with Gasteiger partial charge in [-0.2, -0.15) is 0 Å². The van der Waals surface area contributed by atoms with Crippen LogP contribution in [-0.4, -0.2) is 29.4 Å². The Kier molecular flexibility index (Phi) is 6.13. The molecular formula is C23H21O4P. The molecule has 0 fully saturated rings. The fourth-order valence-corrected chi connectivity index (χ4v) is 7.88. The van der Waals surface area contributed by atoms with Crippen molar-refractivity contribution in [3.63, 3.8) is 0 Å². The molecule has 4 nitrogen and oxygen atoms in total. The number of esters is 1. The summed E-state index contributed by atoms with van der Waals surface area (Å²) in [5.74, 6) is -1.65. The zero-order valence-electron chi connectivity index (χ0n) is 15.5. The van der Waals surface area contributed by atoms with Gasteiger partial charge in [0.15, 0.2) is 0 Å². The molecular weight excluding hydrogens is 371 g/mol. The molecule has 5 heteroatoms. The van der Waals surface area contributed by atoms with Crippen molar-refractivity contribution in [3.8, 4) is 0 Å². The van der Waals surface area contributed by atoms with E-state index in [4.69, 9.17) is 4.74 Å². The molecule has 0 aliphatic rings. The molecule has 0 amide bonds. The largest absolute Gasteiger partial charge is 0.481 e. The zero-order valence-corrected chi connectivity index (χ0v) is 16.4. The average Bonchev–Trinajstić information content (AvgIpc) is 2.75. The molecule has 0 aliphatic heterocycles. The molecule has 1 N–H and O–H groups in total. The number of methoxy groups -OCH3 is 1. The first-order chi connectivity index (χ1) is 13.6. The summed E-state index contributed by atoms with van der Waals surface area (Å²) in [5.41, 5.74) is 0. The first-order valence-electron chi connectivity index (χ1n) is 8.83. The summed E-state index contributed by atoms with van der Waals surface area (Å²) in [5, 5.41) is 12.6. The molecule has 0 saturated carbocycles. The maximum Gasteiger partial charge on any atom is 0.335 e. The van der Waals surface area contributed by atoms with Crippen molar-refractivity contribution in [1.82, 2.24) is 0 Å². The first kappa shape index (κ1) is 19.7. The molecule has 0 aliphatic carbocycles. The number of benzene rings is 3. The van der Waals surface area contributed by atoms with Crippen LogP contribution >= 0.6 is 6.89 Å². The van der Waals surface area contributed by atoms with E-state index in [-0.39, 0.29) is 11.7 Å². The monoisotopic (exact) mass is 392 g/mol. The number of carbonyl (C=O) groups excluding carboxylic acids is 1. The Balaban J connectivity index is 2.59. The predicted molar refractivity (Wildman–Crippen MR) is 114 cm³/mol. The minimum atomic E-state index is -2.73. The van der Waals surface area contributed by atoms with Crippen molar-refractivity contribution < 1.29 is 19.4 Å². The van der Waals surface area contributed by atoms with E-state index in [9.17, 15) is 14.7 Å². The van der Waals surface area contributed by atoms with Crippen LogP contribution in [0.4, 0.5) is 0 Å². The van der Waals surface area contributed by atoms with Crippen LogP contribution in [0, 0.1) is 0 Å². The fourth-order valence-electron chi connectivity index (χ4n) is 3.46. The van der Waals surface area contributed by atoms with Gasteiger partial charge in [0.2, 0.25) is 0 Å². The number of rotatable bonds is 6. The zero-order chi connectivity index (χ0) is 20.0. The quantitative estimate of drug-likeness (QED) is 0.518. The summed E-state index contributed by atoms with van der Waals surface area (Å²) in [4.78, 5) is 24.7. The topological polar surface area (TPSA) is 63.6 Å². The number of carboxylic acid groups (broad SMARTS) is 1. The molecule has 0 heterocycles. The van der Waals surface area contributed by atoms with E-state index >= 15 is 0 Å². The van der Waals surface area contributed by atoms with Crippen LogP contribution in [0.3, 0.4) is 0 Å². The van der Waals surface area contributed by atoms with E-state index in [0.29, 0.717) is 0 Å². The molecule has 0 saturated heterocycles. The molecule has 142 valence electrons. The third kappa shape index (κ3) is 3.64. The second-order valence-electron chi connectivity index (χ2n) is 6.19. The Bertz CT molecular complexity index is 909. The summed E-state index contributed by atoms with van der Waals surface area (Å²) in [6.45, 7) is -2.73. The molecule has 0 unspecified atom stereocenters. The van der Waals surface area contributed by atoms with E-state index in [1.807, 2.05) is 91.0 Å². The van der Waals surface area contributed by atoms with Crippen LogP contribution in [-0.2, 0) is 14.3 Å². The lowest BCUT2D eigenvalue weighted by atomic mass is 10.3. The van der Waals surface area contributed by atoms with Crippen LogP contribution < -0.4 is 15.9 Å². The van der Waals surface area contributed by atoms with Crippen LogP contribution in [0.25, 0.3) is 0 Å². The molecule has 0 bridgehead atoms. The van der Waals surface area contributed by atoms with Crippen molar-refractivity contribution in [3.05, 3.63) is 91.0 Å². The number of hydrogen-bond acceptors (Lipinski definition) is 3. The minimum Gasteiger partial charge on any atom is -0.481 e. The summed E-state index contributed by atoms with van der Waals surface area (Å²) in [6, 6.07) is 28.9. The van der Waals surface area contributed by atoms with Gasteiger partial charge in [-0.05, 0) is 22.8 Å². The highest BCUT2D eigenvalue weighted by atomic mass is 31.2. The maximum atomic E-state index is 12.9. The highest BCUT2D eigenvalue weighted by Crippen LogP contribution is 2.47. The van der Waals surface area contributed by atoms with Crippen LogP contribution in [0.2, 0.25) is 0 Å². The van der Waals surface area contributed by atoms with Crippen LogP contribution in [0.15, 0.2) is 91.0 Å². The molecule has 0 aromatic heterocycles. The number of ether oxygens (including phenoxy) is 1. The minimum absolute atomic E-state index is 0.270. The number of aliphatic carboxylic acids is 1. The smallest absolute Gasteiger partial charge is 0.335 e. The standard InChI is InChI=1S/C23H21O4P/c1-27-23(26)21(17-22(24)25)28(18-11-5-2-6-12-18,19-13-7-3-8-14-19)20-15-9-4-10-16-20/h2-16H,17H2,1H3,(H,24,25). The first-order valence-corrected chi connectivity index (χ1v) is 10.6. The van der Waals surface area contributed by atoms with Gasteiger partial charge in [0.25, 0.3) is 0 Å². The van der Waals surface area contributed by atoms with Gasteiger partial charge in [0.1, 0.15) is 0 Å². The van der Waals surface area contributed by atoms with Crippen molar-refractivity contribution in [2.75, 3.05) is 7.11 Å². The average molecular weight is 392 g/mol. The van der Waals surface area contributed by atoms with Gasteiger partial charge < -0.3 is 9.84 Å². The van der Waals surface area contributed by atoms with Crippen molar-refractivity contribution in [2.45, 2.75) is 6.42 Å². The van der Waals surface area contributed by atoms with Gasteiger partial charge in [-0.1, -0.05) is 91.0 Å². The van der Waals surface area contributed by atoms with Gasteiger partial charge in [-0.25, -0.2) is 4.79 Å². The van der Waals surface area contributed by atoms with Gasteiger partial charge in [-0.3, -0.25) is 4.79 Å². The molecule has 3 rings (SSSR count). The van der Waals surface area contributed by atoms with Crippen molar-refractivity contribution >= 4 is 40.0 Å². The molecule has 0 atom stereocenters. The Hall–Kier alpha value is -3.10. The summed E-state index contributed by atoms with van der Waals surface area (Å²) >= 11 is 0. The summed E-state index contributed by atoms with van der Waals surface area (Å²) < 4.78 is 5.07. The Morgan fingerprint density at radius 1 is 0.750 bits per heavy atom. The van der Waals surface area contributed by atoms with E-state index in [0.717, 1.165) is 15.9 Å². The lowest BCUT2D eigenvalue weighted by Gasteiger charge is -2.31. The van der Waals surface area contributed by atoms with E-state index < -0.39 is 18.8 Å². The Morgan fingerprint density at radius 2 is 1.11 bits per heavy atom. The Labute approximate surface area is 164 Å². The highest BCUT2D eigenvalue weighted by molar-refractivity contribution is 7.96. The number of carbonyl (C=O) groups is 2. The van der Waals surface area contributed by atoms with Gasteiger partial charge in [0.05, 0.1) is 18.8 Å². The van der Waals surface area contributed by atoms with E-state index in [1.54, 1.807) is 0 Å². The second-order valence-corrected chi connectivity index (χ2v) is 9.62. The lowest BCUT2D eigenvalue weighted by Crippen LogP contribution is -2.35. The SMILES string of the molecule is COC(=O)C(CC(=O)O)=P(c1ccccc1)(c1ccccc1)c1ccccc1. The van der Waals surface area contributed by atoms with E-state index in [1.165, 1.54) is 7.11 Å². The van der Waals surface area contributed by atoms with E-state index in [2.05, 4.69) is 0 Å². The van der Waals surface area contributed by atoms with Crippen molar-refractivity contribution in [2.24, 2.45) is 0 Å². The van der Waals surface area contributed by atoms with Crippen LogP contribution in [0.5, 0.6) is 0 Å². The summed E-state index contributed by atoms with van der Waals surface area (Å²) in [7, 11) is 1.29. The summed E-state index contributed by atoms with van der Waals surface area (Å²) in [6.07, 6.45) is -0.390. The molecule has 28 heavy (non-hydrogen) atoms. The van der Waals surface area contributed by atoms with Gasteiger partial charge in [0, 0.05) is 0 Å². The molecule has 3 aromatic carbocycles. The number of carboxylic acids is 1. The third-order valence-electron chi connectivity index (χ3n) is 4.58. The van der Waals surface area contributed by atoms with Gasteiger partial charge in [-0.15, -0.1) is 0 Å². The fraction of sp³-hybridized carbons (Fsp3) is 0.0870. The third-order valence-corrected chi connectivity index (χ3v) is 8.94. The predicted octanol–water partition coefficient (Wildman–Crippen LogP) is 2.80. The highest BCUT2D eigenvalue weighted by Gasteiger charge is 2.34. The van der Waals surface area contributed by atoms with Gasteiger partial charge >= 0.3 is 11.9 Å². The van der Waals surface area contributed by atoms with Crippen LogP contribution in [0.1, 0.15) is 6.42 Å². The second kappa shape index (κ2) is 8.73. The van der Waals surface area contributed by atoms with Crippen molar-refractivity contribution in [1.29, 1.82) is 0 Å². The Morgan fingerprint density at radius 3 is 1.39 bits per heavy atom. The maximum absolute atomic E-state index is 12.9. The lowest BCUT2D eigenvalue weighted by molar-refractivity contribution is -0.137.